The molecule has 5 nitrogen and oxygen atoms in total. The Bertz CT molecular complexity index is 576. The number of anilines is 1. The van der Waals surface area contributed by atoms with Gasteiger partial charge in [0.15, 0.2) is 0 Å². The maximum atomic E-state index is 12.6. The summed E-state index contributed by atoms with van der Waals surface area (Å²) < 4.78 is 26.7. The molecule has 0 saturated carbocycles. The van der Waals surface area contributed by atoms with Crippen molar-refractivity contribution in [2.45, 2.75) is 11.8 Å². The van der Waals surface area contributed by atoms with Crippen LogP contribution in [0.1, 0.15) is 6.92 Å². The lowest BCUT2D eigenvalue weighted by Gasteiger charge is -2.33. The fourth-order valence-corrected chi connectivity index (χ4v) is 4.63. The summed E-state index contributed by atoms with van der Waals surface area (Å²) in [6, 6.07) is 2.80. The highest BCUT2D eigenvalue weighted by Crippen LogP contribution is 2.33. The number of hydrogen-bond donors (Lipinski definition) is 1. The summed E-state index contributed by atoms with van der Waals surface area (Å²) in [7, 11) is -3.68. The maximum Gasteiger partial charge on any atom is 0.246 e. The number of rotatable bonds is 3. The normalized spacial score (nSPS) is 18.4. The Hall–Kier alpha value is -0.530. The first-order valence-electron chi connectivity index (χ1n) is 6.33. The zero-order valence-corrected chi connectivity index (χ0v) is 13.5. The number of piperazine rings is 1. The molecule has 1 aromatic carbocycles. The second-order valence-electron chi connectivity index (χ2n) is 4.64. The predicted octanol–water partition coefficient (Wildman–Crippen LogP) is 1.90. The lowest BCUT2D eigenvalue weighted by atomic mass is 10.3. The number of hydrogen-bond acceptors (Lipinski definition) is 4. The number of nitrogens with zero attached hydrogens (tertiary/aromatic N) is 2. The standard InChI is InChI=1S/C12H17Cl2N3O2S/c1-2-16-3-5-17(6-4-16)20(18,19)12-10(14)7-9(13)8-11(12)15/h7-8H,2-6,15H2,1H3. The van der Waals surface area contributed by atoms with Crippen LogP contribution in [-0.2, 0) is 10.0 Å². The number of halogens is 2. The van der Waals surface area contributed by atoms with E-state index in [0.717, 1.165) is 6.54 Å². The minimum absolute atomic E-state index is 0.0477. The molecule has 0 amide bonds. The third-order valence-electron chi connectivity index (χ3n) is 3.41. The van der Waals surface area contributed by atoms with Crippen molar-refractivity contribution in [1.29, 1.82) is 0 Å². The van der Waals surface area contributed by atoms with E-state index in [1.807, 2.05) is 0 Å². The van der Waals surface area contributed by atoms with E-state index in [1.165, 1.54) is 16.4 Å². The van der Waals surface area contributed by atoms with Crippen molar-refractivity contribution in [3.8, 4) is 0 Å². The van der Waals surface area contributed by atoms with E-state index < -0.39 is 10.0 Å². The van der Waals surface area contributed by atoms with Gasteiger partial charge in [0.2, 0.25) is 10.0 Å². The van der Waals surface area contributed by atoms with Crippen LogP contribution in [0.4, 0.5) is 5.69 Å². The molecular weight excluding hydrogens is 321 g/mol. The Balaban J connectivity index is 2.32. The maximum absolute atomic E-state index is 12.6. The van der Waals surface area contributed by atoms with E-state index in [9.17, 15) is 8.42 Å². The highest BCUT2D eigenvalue weighted by Gasteiger charge is 2.31. The van der Waals surface area contributed by atoms with Crippen LogP contribution in [0.15, 0.2) is 17.0 Å². The largest absolute Gasteiger partial charge is 0.398 e. The second kappa shape index (κ2) is 6.07. The zero-order valence-electron chi connectivity index (χ0n) is 11.1. The van der Waals surface area contributed by atoms with Crippen molar-refractivity contribution in [2.75, 3.05) is 38.5 Å². The fraction of sp³-hybridized carbons (Fsp3) is 0.500. The molecule has 1 heterocycles. The molecule has 0 bridgehead atoms. The van der Waals surface area contributed by atoms with Gasteiger partial charge >= 0.3 is 0 Å². The number of sulfonamides is 1. The first-order chi connectivity index (χ1) is 9.36. The monoisotopic (exact) mass is 337 g/mol. The van der Waals surface area contributed by atoms with Gasteiger partial charge in [0.25, 0.3) is 0 Å². The first kappa shape index (κ1) is 15.9. The molecular formula is C12H17Cl2N3O2S. The number of likely N-dealkylation sites (N-methyl/N-ethyl adjacent to an activating group) is 1. The molecule has 1 aliphatic rings. The van der Waals surface area contributed by atoms with Crippen LogP contribution in [0.2, 0.25) is 10.0 Å². The third-order valence-corrected chi connectivity index (χ3v) is 6.06. The highest BCUT2D eigenvalue weighted by atomic mass is 35.5. The lowest BCUT2D eigenvalue weighted by molar-refractivity contribution is 0.196. The molecule has 0 aliphatic carbocycles. The summed E-state index contributed by atoms with van der Waals surface area (Å²) in [5.41, 5.74) is 5.87. The van der Waals surface area contributed by atoms with E-state index in [0.29, 0.717) is 31.2 Å². The molecule has 0 aromatic heterocycles. The van der Waals surface area contributed by atoms with Crippen molar-refractivity contribution in [3.05, 3.63) is 22.2 Å². The molecule has 112 valence electrons. The third kappa shape index (κ3) is 3.04. The molecule has 2 rings (SSSR count). The van der Waals surface area contributed by atoms with Gasteiger partial charge in [-0.1, -0.05) is 30.1 Å². The molecule has 8 heteroatoms. The smallest absolute Gasteiger partial charge is 0.246 e. The summed E-state index contributed by atoms with van der Waals surface area (Å²) in [5.74, 6) is 0. The fourth-order valence-electron chi connectivity index (χ4n) is 2.27. The molecule has 0 atom stereocenters. The van der Waals surface area contributed by atoms with Crippen molar-refractivity contribution in [1.82, 2.24) is 9.21 Å². The van der Waals surface area contributed by atoms with Gasteiger partial charge in [-0.05, 0) is 18.7 Å². The van der Waals surface area contributed by atoms with Gasteiger partial charge in [-0.25, -0.2) is 8.42 Å². The van der Waals surface area contributed by atoms with Crippen LogP contribution in [0.5, 0.6) is 0 Å². The van der Waals surface area contributed by atoms with Crippen molar-refractivity contribution in [2.24, 2.45) is 0 Å². The first-order valence-corrected chi connectivity index (χ1v) is 8.53. The Morgan fingerprint density at radius 2 is 1.80 bits per heavy atom. The molecule has 1 saturated heterocycles. The molecule has 1 aliphatic heterocycles. The quantitative estimate of drug-likeness (QED) is 0.855. The van der Waals surface area contributed by atoms with E-state index in [4.69, 9.17) is 28.9 Å². The Morgan fingerprint density at radius 1 is 1.20 bits per heavy atom. The number of nitrogen functional groups attached to an aromatic ring is 1. The van der Waals surface area contributed by atoms with Crippen LogP contribution in [-0.4, -0.2) is 50.3 Å². The van der Waals surface area contributed by atoms with Crippen molar-refractivity contribution < 1.29 is 8.42 Å². The van der Waals surface area contributed by atoms with Crippen LogP contribution < -0.4 is 5.73 Å². The van der Waals surface area contributed by atoms with Gasteiger partial charge in [-0.2, -0.15) is 4.31 Å². The number of nitrogens with two attached hydrogens (primary N) is 1. The van der Waals surface area contributed by atoms with Crippen LogP contribution in [0.25, 0.3) is 0 Å². The summed E-state index contributed by atoms with van der Waals surface area (Å²) >= 11 is 11.8. The second-order valence-corrected chi connectivity index (χ2v) is 7.36. The molecule has 0 unspecified atom stereocenters. The van der Waals surface area contributed by atoms with Gasteiger partial charge in [0.1, 0.15) is 4.90 Å². The van der Waals surface area contributed by atoms with Gasteiger partial charge in [0.05, 0.1) is 10.7 Å². The van der Waals surface area contributed by atoms with Gasteiger partial charge in [-0.15, -0.1) is 0 Å². The van der Waals surface area contributed by atoms with Crippen molar-refractivity contribution in [3.63, 3.8) is 0 Å². The topological polar surface area (TPSA) is 66.6 Å². The summed E-state index contributed by atoms with van der Waals surface area (Å²) in [4.78, 5) is 2.15. The van der Waals surface area contributed by atoms with Crippen molar-refractivity contribution >= 4 is 38.9 Å². The molecule has 0 spiro atoms. The molecule has 1 fully saturated rings. The minimum Gasteiger partial charge on any atom is -0.398 e. The summed E-state index contributed by atoms with van der Waals surface area (Å²) in [6.45, 7) is 5.26. The molecule has 20 heavy (non-hydrogen) atoms. The molecule has 2 N–H and O–H groups in total. The Morgan fingerprint density at radius 3 is 2.30 bits per heavy atom. The van der Waals surface area contributed by atoms with E-state index in [-0.39, 0.29) is 15.6 Å². The van der Waals surface area contributed by atoms with Crippen LogP contribution in [0, 0.1) is 0 Å². The predicted molar refractivity (Wildman–Crippen MR) is 81.7 cm³/mol. The van der Waals surface area contributed by atoms with E-state index in [2.05, 4.69) is 11.8 Å². The average Bonchev–Trinajstić information content (AvgIpc) is 2.37. The van der Waals surface area contributed by atoms with Crippen LogP contribution in [0.3, 0.4) is 0 Å². The zero-order chi connectivity index (χ0) is 14.9. The highest BCUT2D eigenvalue weighted by molar-refractivity contribution is 7.89. The molecule has 1 aromatic rings. The van der Waals surface area contributed by atoms with Gasteiger partial charge in [0, 0.05) is 31.2 Å². The average molecular weight is 338 g/mol. The minimum atomic E-state index is -3.68. The van der Waals surface area contributed by atoms with Gasteiger partial charge in [-0.3, -0.25) is 0 Å². The Labute approximate surface area is 129 Å². The van der Waals surface area contributed by atoms with E-state index in [1.54, 1.807) is 0 Å². The number of benzene rings is 1. The van der Waals surface area contributed by atoms with Gasteiger partial charge < -0.3 is 10.6 Å². The SMILES string of the molecule is CCN1CCN(S(=O)(=O)c2c(N)cc(Cl)cc2Cl)CC1. The molecule has 0 radical (unpaired) electrons. The van der Waals surface area contributed by atoms with E-state index >= 15 is 0 Å². The van der Waals surface area contributed by atoms with Crippen LogP contribution >= 0.6 is 23.2 Å². The Kier molecular flexibility index (Phi) is 4.81. The summed E-state index contributed by atoms with van der Waals surface area (Å²) in [6.07, 6.45) is 0. The lowest BCUT2D eigenvalue weighted by Crippen LogP contribution is -2.48. The summed E-state index contributed by atoms with van der Waals surface area (Å²) in [5, 5.41) is 0.384.